The Labute approximate surface area is 94.3 Å². The molecule has 1 rings (SSSR count). The number of hydrogen-bond donors (Lipinski definition) is 1. The van der Waals surface area contributed by atoms with E-state index in [4.69, 9.17) is 10.4 Å². The van der Waals surface area contributed by atoms with E-state index in [-0.39, 0.29) is 17.5 Å². The predicted octanol–water partition coefficient (Wildman–Crippen LogP) is 1.76. The smallest absolute Gasteiger partial charge is 0.307 e. The molecule has 0 amide bonds. The van der Waals surface area contributed by atoms with Crippen LogP contribution in [0.5, 0.6) is 0 Å². The first kappa shape index (κ1) is 11.4. The summed E-state index contributed by atoms with van der Waals surface area (Å²) in [6.45, 7) is 0. The van der Waals surface area contributed by atoms with E-state index in [1.165, 1.54) is 12.1 Å². The van der Waals surface area contributed by atoms with Crippen LogP contribution in [-0.4, -0.2) is 17.4 Å². The molecular weight excluding hydrogens is 262 g/mol. The highest BCUT2D eigenvalue weighted by molar-refractivity contribution is 9.10. The molecule has 1 N–H and O–H groups in total. The van der Waals surface area contributed by atoms with Gasteiger partial charge in [-0.15, -0.1) is 0 Å². The van der Waals surface area contributed by atoms with Crippen LogP contribution in [0.3, 0.4) is 0 Å². The van der Waals surface area contributed by atoms with Gasteiger partial charge in [-0.25, -0.2) is 0 Å². The summed E-state index contributed by atoms with van der Waals surface area (Å²) in [7, 11) is 0. The monoisotopic (exact) mass is 267 g/mol. The van der Waals surface area contributed by atoms with E-state index in [1.807, 2.05) is 6.07 Å². The van der Waals surface area contributed by atoms with Crippen molar-refractivity contribution in [2.75, 3.05) is 0 Å². The van der Waals surface area contributed by atoms with Gasteiger partial charge in [-0.05, 0) is 27.6 Å². The molecule has 0 heterocycles. The third kappa shape index (κ3) is 2.42. The third-order valence-corrected chi connectivity index (χ3v) is 2.74. The van der Waals surface area contributed by atoms with Crippen LogP contribution >= 0.6 is 15.9 Å². The maximum absolute atomic E-state index is 10.6. The minimum atomic E-state index is -0.988. The number of nitrogens with zero attached hydrogens (tertiary/aromatic N) is 1. The Bertz CT molecular complexity index is 462. The molecule has 0 fully saturated rings. The molecule has 5 heteroatoms. The number of hydrogen-bond acceptors (Lipinski definition) is 3. The van der Waals surface area contributed by atoms with E-state index >= 15 is 0 Å². The summed E-state index contributed by atoms with van der Waals surface area (Å²) in [6, 6.07) is 4.81. The first-order valence-corrected chi connectivity index (χ1v) is 4.78. The van der Waals surface area contributed by atoms with Crippen molar-refractivity contribution < 1.29 is 14.7 Å². The lowest BCUT2D eigenvalue weighted by atomic mass is 10.0. The molecule has 0 saturated carbocycles. The Hall–Kier alpha value is -1.67. The van der Waals surface area contributed by atoms with Crippen LogP contribution in [0, 0.1) is 11.3 Å². The molecule has 0 aliphatic heterocycles. The van der Waals surface area contributed by atoms with Crippen LogP contribution in [0.2, 0.25) is 0 Å². The number of nitriles is 1. The highest BCUT2D eigenvalue weighted by atomic mass is 79.9. The number of carbonyl (C=O) groups is 2. The van der Waals surface area contributed by atoms with Crippen LogP contribution < -0.4 is 0 Å². The molecular formula is C10H6BrNO3. The number of carboxylic acid groups (broad SMARTS) is 1. The molecule has 4 nitrogen and oxygen atoms in total. The Balaban J connectivity index is 3.30. The molecule has 1 aromatic rings. The quantitative estimate of drug-likeness (QED) is 0.847. The number of carbonyl (C=O) groups excluding carboxylic acids is 1. The minimum Gasteiger partial charge on any atom is -0.481 e. The van der Waals surface area contributed by atoms with Crippen molar-refractivity contribution in [2.45, 2.75) is 6.42 Å². The van der Waals surface area contributed by atoms with Gasteiger partial charge in [-0.1, -0.05) is 6.07 Å². The summed E-state index contributed by atoms with van der Waals surface area (Å²) >= 11 is 3.12. The summed E-state index contributed by atoms with van der Waals surface area (Å²) in [6.07, 6.45) is 0.377. The first-order valence-electron chi connectivity index (χ1n) is 3.98. The van der Waals surface area contributed by atoms with E-state index in [9.17, 15) is 9.59 Å². The fraction of sp³-hybridized carbons (Fsp3) is 0.100. The summed E-state index contributed by atoms with van der Waals surface area (Å²) in [5, 5.41) is 17.4. The van der Waals surface area contributed by atoms with Crippen LogP contribution in [0.25, 0.3) is 0 Å². The Morgan fingerprint density at radius 1 is 1.60 bits per heavy atom. The summed E-state index contributed by atoms with van der Waals surface area (Å²) < 4.78 is 0.372. The lowest BCUT2D eigenvalue weighted by molar-refractivity contribution is -0.136. The molecule has 0 bridgehead atoms. The van der Waals surface area contributed by atoms with E-state index < -0.39 is 5.97 Å². The first-order chi connectivity index (χ1) is 7.10. The standard InChI is InChI=1S/C10H6BrNO3/c11-10-6(3-9(14)15)1-2-7(5-13)8(10)4-12/h1-2,5H,3H2,(H,14,15). The van der Waals surface area contributed by atoms with Gasteiger partial charge in [0.1, 0.15) is 6.07 Å². The molecule has 0 saturated heterocycles. The number of halogens is 1. The molecule has 15 heavy (non-hydrogen) atoms. The van der Waals surface area contributed by atoms with Gasteiger partial charge in [0.25, 0.3) is 0 Å². The molecule has 0 aromatic heterocycles. The molecule has 0 unspecified atom stereocenters. The van der Waals surface area contributed by atoms with Crippen molar-refractivity contribution in [1.29, 1.82) is 5.26 Å². The summed E-state index contributed by atoms with van der Waals surface area (Å²) in [5.41, 5.74) is 0.895. The highest BCUT2D eigenvalue weighted by Crippen LogP contribution is 2.24. The SMILES string of the molecule is N#Cc1c(C=O)ccc(CC(=O)O)c1Br. The van der Waals surface area contributed by atoms with Crippen molar-refractivity contribution in [1.82, 2.24) is 0 Å². The van der Waals surface area contributed by atoms with E-state index in [1.54, 1.807) is 0 Å². The zero-order valence-corrected chi connectivity index (χ0v) is 9.11. The fourth-order valence-electron chi connectivity index (χ4n) is 1.15. The average Bonchev–Trinajstić information content (AvgIpc) is 2.20. The average molecular weight is 268 g/mol. The molecule has 1 aromatic carbocycles. The summed E-state index contributed by atoms with van der Waals surface area (Å²) in [5.74, 6) is -0.988. The minimum absolute atomic E-state index is 0.170. The molecule has 0 aliphatic rings. The second-order valence-electron chi connectivity index (χ2n) is 2.80. The maximum atomic E-state index is 10.6. The Morgan fingerprint density at radius 2 is 2.27 bits per heavy atom. The van der Waals surface area contributed by atoms with Gasteiger partial charge in [0.2, 0.25) is 0 Å². The molecule has 0 spiro atoms. The van der Waals surface area contributed by atoms with E-state index in [0.717, 1.165) is 0 Å². The zero-order valence-electron chi connectivity index (χ0n) is 7.53. The number of aldehydes is 1. The predicted molar refractivity (Wildman–Crippen MR) is 55.6 cm³/mol. The second kappa shape index (κ2) is 4.71. The van der Waals surface area contributed by atoms with Gasteiger partial charge in [0, 0.05) is 10.0 Å². The van der Waals surface area contributed by atoms with Gasteiger partial charge in [0.15, 0.2) is 6.29 Å². The number of benzene rings is 1. The number of rotatable bonds is 3. The van der Waals surface area contributed by atoms with Gasteiger partial charge in [0.05, 0.1) is 12.0 Å². The van der Waals surface area contributed by atoms with Crippen LogP contribution in [-0.2, 0) is 11.2 Å². The van der Waals surface area contributed by atoms with Crippen molar-refractivity contribution in [3.8, 4) is 6.07 Å². The van der Waals surface area contributed by atoms with Crippen LogP contribution in [0.4, 0.5) is 0 Å². The van der Waals surface area contributed by atoms with Gasteiger partial charge < -0.3 is 5.11 Å². The Morgan fingerprint density at radius 3 is 2.73 bits per heavy atom. The van der Waals surface area contributed by atoms with Gasteiger partial charge in [-0.2, -0.15) is 5.26 Å². The lowest BCUT2D eigenvalue weighted by Crippen LogP contribution is -2.03. The molecule has 0 atom stereocenters. The van der Waals surface area contributed by atoms with Crippen molar-refractivity contribution in [3.63, 3.8) is 0 Å². The normalized spacial score (nSPS) is 9.33. The third-order valence-electron chi connectivity index (χ3n) is 1.83. The second-order valence-corrected chi connectivity index (χ2v) is 3.60. The van der Waals surface area contributed by atoms with E-state index in [2.05, 4.69) is 15.9 Å². The topological polar surface area (TPSA) is 78.2 Å². The molecule has 0 aliphatic carbocycles. The van der Waals surface area contributed by atoms with Crippen LogP contribution in [0.15, 0.2) is 16.6 Å². The highest BCUT2D eigenvalue weighted by Gasteiger charge is 2.12. The van der Waals surface area contributed by atoms with E-state index in [0.29, 0.717) is 16.3 Å². The van der Waals surface area contributed by atoms with Crippen molar-refractivity contribution in [3.05, 3.63) is 33.3 Å². The van der Waals surface area contributed by atoms with Gasteiger partial charge >= 0.3 is 5.97 Å². The van der Waals surface area contributed by atoms with Gasteiger partial charge in [-0.3, -0.25) is 9.59 Å². The summed E-state index contributed by atoms with van der Waals surface area (Å²) in [4.78, 5) is 21.1. The maximum Gasteiger partial charge on any atom is 0.307 e. The zero-order chi connectivity index (χ0) is 11.4. The largest absolute Gasteiger partial charge is 0.481 e. The molecule has 76 valence electrons. The van der Waals surface area contributed by atoms with Crippen molar-refractivity contribution in [2.24, 2.45) is 0 Å². The number of carboxylic acids is 1. The Kier molecular flexibility index (Phi) is 3.58. The fourth-order valence-corrected chi connectivity index (χ4v) is 1.74. The number of aliphatic carboxylic acids is 1. The van der Waals surface area contributed by atoms with Crippen molar-refractivity contribution >= 4 is 28.2 Å². The lowest BCUT2D eigenvalue weighted by Gasteiger charge is -2.04. The van der Waals surface area contributed by atoms with Crippen LogP contribution in [0.1, 0.15) is 21.5 Å². The molecule has 0 radical (unpaired) electrons.